The van der Waals surface area contributed by atoms with Crippen LogP contribution < -0.4 is 10.0 Å². The molecule has 0 radical (unpaired) electrons. The van der Waals surface area contributed by atoms with Gasteiger partial charge in [-0.3, -0.25) is 0 Å². The fraction of sp³-hybridized carbons (Fsp3) is 0.500. The van der Waals surface area contributed by atoms with E-state index in [1.54, 1.807) is 0 Å². The van der Waals surface area contributed by atoms with E-state index >= 15 is 0 Å². The van der Waals surface area contributed by atoms with Crippen LogP contribution in [0.3, 0.4) is 0 Å². The topological polar surface area (TPSA) is 58.2 Å². The van der Waals surface area contributed by atoms with Crippen LogP contribution in [0.5, 0.6) is 0 Å². The quantitative estimate of drug-likeness (QED) is 0.897. The van der Waals surface area contributed by atoms with Crippen molar-refractivity contribution < 1.29 is 12.8 Å². The molecule has 4 nitrogen and oxygen atoms in total. The molecular weight excluding hydrogens is 291 g/mol. The lowest BCUT2D eigenvalue weighted by molar-refractivity contribution is 0.518. The Morgan fingerprint density at radius 1 is 1.32 bits per heavy atom. The Bertz CT molecular complexity index is 543. The summed E-state index contributed by atoms with van der Waals surface area (Å²) < 4.78 is 40.0. The van der Waals surface area contributed by atoms with Gasteiger partial charge in [-0.05, 0) is 50.6 Å². The first-order valence-corrected chi connectivity index (χ1v) is 8.03. The van der Waals surface area contributed by atoms with E-state index < -0.39 is 15.8 Å². The number of sulfonamides is 1. The first-order valence-electron chi connectivity index (χ1n) is 6.17. The molecule has 2 N–H and O–H groups in total. The zero-order valence-corrected chi connectivity index (χ0v) is 11.9. The first kappa shape index (κ1) is 14.7. The maximum atomic E-state index is 13.0. The minimum atomic E-state index is -3.64. The molecule has 1 unspecified atom stereocenters. The molecule has 0 aromatic heterocycles. The monoisotopic (exact) mass is 306 g/mol. The van der Waals surface area contributed by atoms with Crippen molar-refractivity contribution in [1.82, 2.24) is 10.0 Å². The zero-order valence-electron chi connectivity index (χ0n) is 10.3. The van der Waals surface area contributed by atoms with Crippen molar-refractivity contribution >= 4 is 21.6 Å². The first-order chi connectivity index (χ1) is 8.99. The lowest BCUT2D eigenvalue weighted by atomic mass is 10.1. The van der Waals surface area contributed by atoms with Gasteiger partial charge in [0.1, 0.15) is 5.82 Å². The van der Waals surface area contributed by atoms with Crippen molar-refractivity contribution in [2.45, 2.75) is 30.2 Å². The molecule has 0 aliphatic carbocycles. The molecule has 0 saturated carbocycles. The fourth-order valence-electron chi connectivity index (χ4n) is 2.07. The Morgan fingerprint density at radius 2 is 2.11 bits per heavy atom. The third-order valence-corrected chi connectivity index (χ3v) is 4.91. The minimum absolute atomic E-state index is 0.00361. The highest BCUT2D eigenvalue weighted by Crippen LogP contribution is 2.20. The number of nitrogens with one attached hydrogen (secondary N) is 2. The number of hydrogen-bond donors (Lipinski definition) is 2. The third-order valence-electron chi connectivity index (χ3n) is 3.10. The number of hydrogen-bond acceptors (Lipinski definition) is 3. The molecule has 0 spiro atoms. The second-order valence-electron chi connectivity index (χ2n) is 4.58. The Balaban J connectivity index is 2.14. The average Bonchev–Trinajstić information content (AvgIpc) is 2.60. The molecule has 1 aromatic carbocycles. The summed E-state index contributed by atoms with van der Waals surface area (Å²) in [5.41, 5.74) is 0. The summed E-state index contributed by atoms with van der Waals surface area (Å²) in [6.45, 7) is 1.69. The molecule has 0 amide bonds. The van der Waals surface area contributed by atoms with Gasteiger partial charge in [0.05, 0.1) is 9.92 Å². The van der Waals surface area contributed by atoms with Gasteiger partial charge in [-0.1, -0.05) is 11.6 Å². The van der Waals surface area contributed by atoms with Crippen molar-refractivity contribution in [2.75, 3.05) is 13.1 Å². The lowest BCUT2D eigenvalue weighted by Crippen LogP contribution is -2.35. The summed E-state index contributed by atoms with van der Waals surface area (Å²) in [4.78, 5) is -0.00361. The van der Waals surface area contributed by atoms with Gasteiger partial charge in [-0.25, -0.2) is 17.5 Å². The lowest BCUT2D eigenvalue weighted by Gasteiger charge is -2.16. The van der Waals surface area contributed by atoms with Crippen LogP contribution in [-0.2, 0) is 10.0 Å². The van der Waals surface area contributed by atoms with E-state index in [0.29, 0.717) is 0 Å². The van der Waals surface area contributed by atoms with Crippen LogP contribution in [0.2, 0.25) is 5.02 Å². The smallest absolute Gasteiger partial charge is 0.240 e. The second-order valence-corrected chi connectivity index (χ2v) is 6.70. The third kappa shape index (κ3) is 3.89. The number of rotatable bonds is 3. The molecule has 106 valence electrons. The van der Waals surface area contributed by atoms with E-state index in [-0.39, 0.29) is 16.0 Å². The SMILES string of the molecule is O=S(=O)(NC1CCCNCC1)c1ccc(F)c(Cl)c1. The molecule has 2 rings (SSSR count). The summed E-state index contributed by atoms with van der Waals surface area (Å²) >= 11 is 5.61. The summed E-state index contributed by atoms with van der Waals surface area (Å²) in [7, 11) is -3.64. The Kier molecular flexibility index (Phi) is 4.78. The Labute approximate surface area is 117 Å². The minimum Gasteiger partial charge on any atom is -0.317 e. The summed E-state index contributed by atoms with van der Waals surface area (Å²) in [5, 5.41) is 3.02. The van der Waals surface area contributed by atoms with Gasteiger partial charge in [0, 0.05) is 6.04 Å². The molecule has 1 atom stereocenters. The zero-order chi connectivity index (χ0) is 13.9. The van der Waals surface area contributed by atoms with Crippen LogP contribution in [0, 0.1) is 5.82 Å². The van der Waals surface area contributed by atoms with Crippen molar-refractivity contribution in [3.63, 3.8) is 0 Å². The molecule has 1 saturated heterocycles. The largest absolute Gasteiger partial charge is 0.317 e. The number of benzene rings is 1. The Morgan fingerprint density at radius 3 is 2.84 bits per heavy atom. The standard InChI is InChI=1S/C12H16ClFN2O2S/c13-11-8-10(3-4-12(11)14)19(17,18)16-9-2-1-6-15-7-5-9/h3-4,8-9,15-16H,1-2,5-7H2. The molecular formula is C12H16ClFN2O2S. The fourth-order valence-corrected chi connectivity index (χ4v) is 3.64. The maximum Gasteiger partial charge on any atom is 0.240 e. The molecule has 1 fully saturated rings. The van der Waals surface area contributed by atoms with E-state index in [2.05, 4.69) is 10.0 Å². The van der Waals surface area contributed by atoms with Crippen LogP contribution in [-0.4, -0.2) is 27.5 Å². The van der Waals surface area contributed by atoms with Crippen LogP contribution >= 0.6 is 11.6 Å². The van der Waals surface area contributed by atoms with Crippen LogP contribution in [0.25, 0.3) is 0 Å². The molecule has 1 aliphatic heterocycles. The van der Waals surface area contributed by atoms with E-state index in [4.69, 9.17) is 11.6 Å². The second kappa shape index (κ2) is 6.17. The highest BCUT2D eigenvalue weighted by molar-refractivity contribution is 7.89. The van der Waals surface area contributed by atoms with E-state index in [1.165, 1.54) is 6.07 Å². The summed E-state index contributed by atoms with van der Waals surface area (Å²) in [6.07, 6.45) is 2.46. The van der Waals surface area contributed by atoms with Crippen LogP contribution in [0.1, 0.15) is 19.3 Å². The molecule has 0 bridgehead atoms. The van der Waals surface area contributed by atoms with Gasteiger partial charge in [0.25, 0.3) is 0 Å². The van der Waals surface area contributed by atoms with E-state index in [1.807, 2.05) is 0 Å². The van der Waals surface area contributed by atoms with Gasteiger partial charge >= 0.3 is 0 Å². The van der Waals surface area contributed by atoms with Gasteiger partial charge in [0.2, 0.25) is 10.0 Å². The van der Waals surface area contributed by atoms with Gasteiger partial charge in [-0.2, -0.15) is 0 Å². The van der Waals surface area contributed by atoms with Crippen LogP contribution in [0.4, 0.5) is 4.39 Å². The van der Waals surface area contributed by atoms with Gasteiger partial charge < -0.3 is 5.32 Å². The number of halogens is 2. The normalized spacial score (nSPS) is 21.1. The van der Waals surface area contributed by atoms with E-state index in [0.717, 1.165) is 44.5 Å². The molecule has 7 heteroatoms. The van der Waals surface area contributed by atoms with Crippen molar-refractivity contribution in [1.29, 1.82) is 0 Å². The van der Waals surface area contributed by atoms with Crippen molar-refractivity contribution in [3.05, 3.63) is 29.0 Å². The van der Waals surface area contributed by atoms with Crippen LogP contribution in [0.15, 0.2) is 23.1 Å². The van der Waals surface area contributed by atoms with Gasteiger partial charge in [-0.15, -0.1) is 0 Å². The highest BCUT2D eigenvalue weighted by Gasteiger charge is 2.21. The van der Waals surface area contributed by atoms with Crippen molar-refractivity contribution in [3.8, 4) is 0 Å². The van der Waals surface area contributed by atoms with E-state index in [9.17, 15) is 12.8 Å². The molecule has 1 heterocycles. The predicted octanol–water partition coefficient (Wildman–Crippen LogP) is 1.90. The predicted molar refractivity (Wildman–Crippen MR) is 72.2 cm³/mol. The average molecular weight is 307 g/mol. The molecule has 1 aliphatic rings. The highest BCUT2D eigenvalue weighted by atomic mass is 35.5. The molecule has 19 heavy (non-hydrogen) atoms. The Hall–Kier alpha value is -0.690. The van der Waals surface area contributed by atoms with Gasteiger partial charge in [0.15, 0.2) is 0 Å². The maximum absolute atomic E-state index is 13.0. The summed E-state index contributed by atoms with van der Waals surface area (Å²) in [6, 6.07) is 3.32. The summed E-state index contributed by atoms with van der Waals surface area (Å²) in [5.74, 6) is -0.626. The van der Waals surface area contributed by atoms with Crippen molar-refractivity contribution in [2.24, 2.45) is 0 Å². The molecule has 1 aromatic rings.